The van der Waals surface area contributed by atoms with Crippen LogP contribution < -0.4 is 5.73 Å². The molecule has 0 radical (unpaired) electrons. The van der Waals surface area contributed by atoms with E-state index in [9.17, 15) is 0 Å². The van der Waals surface area contributed by atoms with Gasteiger partial charge in [-0.15, -0.1) is 0 Å². The average molecular weight is 115 g/mol. The third-order valence-electron chi connectivity index (χ3n) is 1.01. The molecule has 2 N–H and O–H groups in total. The predicted molar refractivity (Wildman–Crippen MR) is 34.4 cm³/mol. The molecule has 0 aromatic heterocycles. The van der Waals surface area contributed by atoms with Crippen LogP contribution >= 0.6 is 0 Å². The minimum atomic E-state index is 0.160. The highest BCUT2D eigenvalue weighted by Gasteiger charge is 1.98. The van der Waals surface area contributed by atoms with Gasteiger partial charge in [0.15, 0.2) is 0 Å². The van der Waals surface area contributed by atoms with Crippen LogP contribution in [0.15, 0.2) is 12.8 Å². The minimum Gasteiger partial charge on any atom is -0.497 e. The van der Waals surface area contributed by atoms with E-state index in [1.165, 1.54) is 6.26 Å². The van der Waals surface area contributed by atoms with Crippen LogP contribution in [-0.2, 0) is 4.74 Å². The summed E-state index contributed by atoms with van der Waals surface area (Å²) in [5.74, 6) is 0. The molecule has 0 saturated carbocycles. The van der Waals surface area contributed by atoms with E-state index in [4.69, 9.17) is 10.5 Å². The summed E-state index contributed by atoms with van der Waals surface area (Å²) in [5.41, 5.74) is 5.30. The van der Waals surface area contributed by atoms with Gasteiger partial charge in [0.25, 0.3) is 0 Å². The van der Waals surface area contributed by atoms with Gasteiger partial charge in [0, 0.05) is 6.54 Å². The summed E-state index contributed by atoms with van der Waals surface area (Å²) in [6.45, 7) is 6.02. The van der Waals surface area contributed by atoms with Gasteiger partial charge in [-0.05, 0) is 6.42 Å². The number of hydrogen-bond acceptors (Lipinski definition) is 2. The van der Waals surface area contributed by atoms with Crippen LogP contribution in [-0.4, -0.2) is 12.6 Å². The van der Waals surface area contributed by atoms with Crippen LogP contribution in [0, 0.1) is 0 Å². The van der Waals surface area contributed by atoms with Gasteiger partial charge in [0.2, 0.25) is 0 Å². The summed E-state index contributed by atoms with van der Waals surface area (Å²) < 4.78 is 4.98. The van der Waals surface area contributed by atoms with Crippen molar-refractivity contribution in [3.8, 4) is 0 Å². The van der Waals surface area contributed by atoms with Gasteiger partial charge < -0.3 is 10.5 Å². The Labute approximate surface area is 50.3 Å². The van der Waals surface area contributed by atoms with Gasteiger partial charge >= 0.3 is 0 Å². The molecule has 0 aliphatic carbocycles. The molecule has 1 unspecified atom stereocenters. The van der Waals surface area contributed by atoms with Crippen molar-refractivity contribution in [1.82, 2.24) is 0 Å². The Hall–Kier alpha value is -0.500. The van der Waals surface area contributed by atoms with E-state index in [2.05, 4.69) is 6.58 Å². The summed E-state index contributed by atoms with van der Waals surface area (Å²) in [4.78, 5) is 0. The lowest BCUT2D eigenvalue weighted by molar-refractivity contribution is 0.148. The topological polar surface area (TPSA) is 35.2 Å². The van der Waals surface area contributed by atoms with Gasteiger partial charge in [0.1, 0.15) is 6.10 Å². The molecule has 0 fully saturated rings. The molecule has 0 aliphatic heterocycles. The lowest BCUT2D eigenvalue weighted by atomic mass is 10.3. The Bertz CT molecular complexity index is 59.5. The summed E-state index contributed by atoms with van der Waals surface area (Å²) in [6, 6.07) is 0. The fraction of sp³-hybridized carbons (Fsp3) is 0.667. The van der Waals surface area contributed by atoms with E-state index in [1.54, 1.807) is 0 Å². The Kier molecular flexibility index (Phi) is 4.36. The van der Waals surface area contributed by atoms with Crippen molar-refractivity contribution < 1.29 is 4.74 Å². The average Bonchev–Trinajstić information content (AvgIpc) is 1.83. The van der Waals surface area contributed by atoms with Crippen LogP contribution in [0.4, 0.5) is 0 Å². The first-order valence-electron chi connectivity index (χ1n) is 2.81. The molecule has 0 spiro atoms. The third-order valence-corrected chi connectivity index (χ3v) is 1.01. The van der Waals surface area contributed by atoms with E-state index >= 15 is 0 Å². The van der Waals surface area contributed by atoms with Crippen molar-refractivity contribution in [2.24, 2.45) is 5.73 Å². The molecular formula is C6H13NO. The summed E-state index contributed by atoms with van der Waals surface area (Å²) in [6.07, 6.45) is 2.54. The fourth-order valence-electron chi connectivity index (χ4n) is 0.455. The Morgan fingerprint density at radius 1 is 1.88 bits per heavy atom. The molecule has 0 amide bonds. The maximum absolute atomic E-state index is 5.30. The number of rotatable bonds is 4. The number of ether oxygens (including phenoxy) is 1. The van der Waals surface area contributed by atoms with E-state index in [-0.39, 0.29) is 6.10 Å². The van der Waals surface area contributed by atoms with Gasteiger partial charge in [0.05, 0.1) is 6.26 Å². The lowest BCUT2D eigenvalue weighted by Gasteiger charge is -2.09. The molecule has 8 heavy (non-hydrogen) atoms. The Morgan fingerprint density at radius 2 is 2.50 bits per heavy atom. The first-order valence-corrected chi connectivity index (χ1v) is 2.81. The van der Waals surface area contributed by atoms with Crippen LogP contribution in [0.5, 0.6) is 0 Å². The quantitative estimate of drug-likeness (QED) is 0.552. The molecule has 2 nitrogen and oxygen atoms in total. The molecule has 0 bridgehead atoms. The molecule has 0 aromatic rings. The minimum absolute atomic E-state index is 0.160. The van der Waals surface area contributed by atoms with Crippen LogP contribution in [0.25, 0.3) is 0 Å². The maximum Gasteiger partial charge on any atom is 0.110 e. The molecule has 1 atom stereocenters. The van der Waals surface area contributed by atoms with Crippen LogP contribution in [0.1, 0.15) is 13.3 Å². The standard InChI is InChI=1S/C6H13NO/c1-3-6(5-7)8-4-2/h4,6H,2-3,5,7H2,1H3. The van der Waals surface area contributed by atoms with Crippen molar-refractivity contribution in [2.45, 2.75) is 19.4 Å². The zero-order valence-corrected chi connectivity index (χ0v) is 5.26. The molecule has 0 rings (SSSR count). The second-order valence-electron chi connectivity index (χ2n) is 1.57. The van der Waals surface area contributed by atoms with Gasteiger partial charge in [-0.3, -0.25) is 0 Å². The van der Waals surface area contributed by atoms with Crippen LogP contribution in [0.3, 0.4) is 0 Å². The third kappa shape index (κ3) is 2.64. The van der Waals surface area contributed by atoms with Gasteiger partial charge in [-0.1, -0.05) is 13.5 Å². The zero-order chi connectivity index (χ0) is 6.41. The lowest BCUT2D eigenvalue weighted by Crippen LogP contribution is -2.20. The molecule has 0 aromatic carbocycles. The Morgan fingerprint density at radius 3 is 2.62 bits per heavy atom. The number of hydrogen-bond donors (Lipinski definition) is 1. The van der Waals surface area contributed by atoms with Crippen molar-refractivity contribution >= 4 is 0 Å². The number of nitrogens with two attached hydrogens (primary N) is 1. The summed E-state index contributed by atoms with van der Waals surface area (Å²) in [7, 11) is 0. The predicted octanol–water partition coefficient (Wildman–Crippen LogP) is 0.884. The van der Waals surface area contributed by atoms with Crippen molar-refractivity contribution in [3.63, 3.8) is 0 Å². The largest absolute Gasteiger partial charge is 0.497 e. The molecule has 0 heterocycles. The normalized spacial score (nSPS) is 12.8. The highest BCUT2D eigenvalue weighted by molar-refractivity contribution is 4.60. The van der Waals surface area contributed by atoms with E-state index in [0.717, 1.165) is 6.42 Å². The highest BCUT2D eigenvalue weighted by Crippen LogP contribution is 1.93. The summed E-state index contributed by atoms with van der Waals surface area (Å²) >= 11 is 0. The second kappa shape index (κ2) is 4.65. The molecule has 0 aliphatic rings. The van der Waals surface area contributed by atoms with Crippen molar-refractivity contribution in [3.05, 3.63) is 12.8 Å². The summed E-state index contributed by atoms with van der Waals surface area (Å²) in [5, 5.41) is 0. The first kappa shape index (κ1) is 7.50. The first-order chi connectivity index (χ1) is 3.85. The fourth-order valence-corrected chi connectivity index (χ4v) is 0.455. The highest BCUT2D eigenvalue weighted by atomic mass is 16.5. The second-order valence-corrected chi connectivity index (χ2v) is 1.57. The molecule has 0 saturated heterocycles. The zero-order valence-electron chi connectivity index (χ0n) is 5.26. The van der Waals surface area contributed by atoms with E-state index in [0.29, 0.717) is 6.54 Å². The van der Waals surface area contributed by atoms with Gasteiger partial charge in [-0.2, -0.15) is 0 Å². The molecular weight excluding hydrogens is 102 g/mol. The van der Waals surface area contributed by atoms with Crippen LogP contribution in [0.2, 0.25) is 0 Å². The van der Waals surface area contributed by atoms with E-state index < -0.39 is 0 Å². The monoisotopic (exact) mass is 115 g/mol. The molecule has 48 valence electrons. The van der Waals surface area contributed by atoms with Crippen molar-refractivity contribution in [1.29, 1.82) is 0 Å². The SMILES string of the molecule is C=COC(CC)CN. The smallest absolute Gasteiger partial charge is 0.110 e. The maximum atomic E-state index is 5.30. The Balaban J connectivity index is 3.20. The molecule has 2 heteroatoms. The van der Waals surface area contributed by atoms with E-state index in [1.807, 2.05) is 6.92 Å². The van der Waals surface area contributed by atoms with Gasteiger partial charge in [-0.25, -0.2) is 0 Å². The van der Waals surface area contributed by atoms with Crippen molar-refractivity contribution in [2.75, 3.05) is 6.54 Å².